The average Bonchev–Trinajstić information content (AvgIpc) is 2.30. The van der Waals surface area contributed by atoms with Gasteiger partial charge in [-0.1, -0.05) is 30.3 Å². The lowest BCUT2D eigenvalue weighted by Gasteiger charge is -2.15. The lowest BCUT2D eigenvalue weighted by molar-refractivity contribution is 0.140. The number of carbonyl (C=O) groups is 1. The molecule has 0 fully saturated rings. The lowest BCUT2D eigenvalue weighted by Crippen LogP contribution is -2.39. The minimum Gasteiger partial charge on any atom is -0.450 e. The molecule has 0 saturated carbocycles. The van der Waals surface area contributed by atoms with Crippen LogP contribution in [0.4, 0.5) is 4.79 Å². The Balaban J connectivity index is 2.46. The van der Waals surface area contributed by atoms with Gasteiger partial charge in [-0.25, -0.2) is 4.79 Å². The molecule has 16 heavy (non-hydrogen) atoms. The van der Waals surface area contributed by atoms with Crippen LogP contribution in [0.2, 0.25) is 0 Å². The number of ether oxygens (including phenoxy) is 1. The fraction of sp³-hybridized carbons (Fsp3) is 0.417. The molecule has 1 atom stereocenters. The highest BCUT2D eigenvalue weighted by Gasteiger charge is 2.12. The van der Waals surface area contributed by atoms with Crippen LogP contribution in [0.3, 0.4) is 0 Å². The van der Waals surface area contributed by atoms with Crippen molar-refractivity contribution in [2.24, 2.45) is 0 Å². The van der Waals surface area contributed by atoms with Crippen LogP contribution >= 0.6 is 0 Å². The lowest BCUT2D eigenvalue weighted by atomic mass is 10.1. The summed E-state index contributed by atoms with van der Waals surface area (Å²) in [4.78, 5) is 11.2. The van der Waals surface area contributed by atoms with E-state index in [0.29, 0.717) is 13.0 Å². The predicted molar refractivity (Wildman–Crippen MR) is 61.2 cm³/mol. The van der Waals surface area contributed by atoms with Crippen molar-refractivity contribution in [1.29, 1.82) is 0 Å². The van der Waals surface area contributed by atoms with Crippen molar-refractivity contribution in [3.05, 3.63) is 35.9 Å². The molecule has 0 saturated heterocycles. The van der Waals surface area contributed by atoms with Gasteiger partial charge in [-0.05, 0) is 18.9 Å². The molecular weight excluding hydrogens is 206 g/mol. The molecule has 4 heteroatoms. The number of nitrogens with one attached hydrogen (secondary N) is 1. The summed E-state index contributed by atoms with van der Waals surface area (Å²) in [7, 11) is 0. The third-order valence-electron chi connectivity index (χ3n) is 2.14. The molecule has 0 spiro atoms. The van der Waals surface area contributed by atoms with E-state index in [-0.39, 0.29) is 12.6 Å². The largest absolute Gasteiger partial charge is 0.450 e. The Morgan fingerprint density at radius 2 is 2.12 bits per heavy atom. The van der Waals surface area contributed by atoms with Crippen molar-refractivity contribution in [2.45, 2.75) is 19.4 Å². The number of hydrogen-bond donors (Lipinski definition) is 2. The first-order chi connectivity index (χ1) is 7.76. The fourth-order valence-corrected chi connectivity index (χ4v) is 1.40. The van der Waals surface area contributed by atoms with Crippen LogP contribution in [-0.4, -0.2) is 30.5 Å². The fourth-order valence-electron chi connectivity index (χ4n) is 1.40. The van der Waals surface area contributed by atoms with Crippen molar-refractivity contribution >= 4 is 6.09 Å². The Morgan fingerprint density at radius 3 is 2.69 bits per heavy atom. The summed E-state index contributed by atoms with van der Waals surface area (Å²) < 4.78 is 4.75. The molecule has 0 aromatic heterocycles. The number of alkyl carbamates (subject to hydrolysis) is 1. The number of carbonyl (C=O) groups excluding carboxylic acids is 1. The van der Waals surface area contributed by atoms with Crippen molar-refractivity contribution in [3.63, 3.8) is 0 Å². The van der Waals surface area contributed by atoms with Gasteiger partial charge in [-0.3, -0.25) is 0 Å². The highest BCUT2D eigenvalue weighted by Crippen LogP contribution is 2.02. The predicted octanol–water partition coefficient (Wildman–Crippen LogP) is 1.34. The van der Waals surface area contributed by atoms with E-state index < -0.39 is 6.09 Å². The zero-order valence-corrected chi connectivity index (χ0v) is 9.35. The second-order valence-electron chi connectivity index (χ2n) is 3.43. The Labute approximate surface area is 95.2 Å². The van der Waals surface area contributed by atoms with E-state index in [1.165, 1.54) is 0 Å². The minimum atomic E-state index is -0.488. The number of amides is 1. The summed E-state index contributed by atoms with van der Waals surface area (Å²) in [6, 6.07) is 9.38. The van der Waals surface area contributed by atoms with Gasteiger partial charge in [0, 0.05) is 0 Å². The van der Waals surface area contributed by atoms with Crippen LogP contribution in [0.25, 0.3) is 0 Å². The molecule has 2 N–H and O–H groups in total. The number of aliphatic hydroxyl groups is 1. The van der Waals surface area contributed by atoms with E-state index in [2.05, 4.69) is 5.32 Å². The molecule has 88 valence electrons. The van der Waals surface area contributed by atoms with Gasteiger partial charge in [0.05, 0.1) is 19.3 Å². The maximum atomic E-state index is 11.2. The Hall–Kier alpha value is -1.55. The maximum absolute atomic E-state index is 11.2. The summed E-state index contributed by atoms with van der Waals surface area (Å²) >= 11 is 0. The summed E-state index contributed by atoms with van der Waals surface area (Å²) in [5.74, 6) is 0. The summed E-state index contributed by atoms with van der Waals surface area (Å²) in [6.45, 7) is 1.97. The van der Waals surface area contributed by atoms with Crippen LogP contribution < -0.4 is 5.32 Å². The molecule has 1 amide bonds. The molecule has 4 nitrogen and oxygen atoms in total. The van der Waals surface area contributed by atoms with Crippen molar-refractivity contribution in [3.8, 4) is 0 Å². The van der Waals surface area contributed by atoms with E-state index in [0.717, 1.165) is 5.56 Å². The van der Waals surface area contributed by atoms with Crippen LogP contribution in [0.15, 0.2) is 30.3 Å². The first kappa shape index (κ1) is 12.5. The van der Waals surface area contributed by atoms with Gasteiger partial charge >= 0.3 is 6.09 Å². The van der Waals surface area contributed by atoms with Gasteiger partial charge in [-0.15, -0.1) is 0 Å². The van der Waals surface area contributed by atoms with E-state index in [1.807, 2.05) is 30.3 Å². The zero-order valence-electron chi connectivity index (χ0n) is 9.35. The molecule has 0 bridgehead atoms. The van der Waals surface area contributed by atoms with Crippen molar-refractivity contribution < 1.29 is 14.6 Å². The SMILES string of the molecule is CCOC(=O)NC(CO)Cc1ccccc1. The highest BCUT2D eigenvalue weighted by molar-refractivity contribution is 5.67. The first-order valence-electron chi connectivity index (χ1n) is 5.34. The van der Waals surface area contributed by atoms with Gasteiger partial charge in [0.2, 0.25) is 0 Å². The second-order valence-corrected chi connectivity index (χ2v) is 3.43. The molecule has 1 unspecified atom stereocenters. The molecule has 0 aliphatic heterocycles. The third-order valence-corrected chi connectivity index (χ3v) is 2.14. The van der Waals surface area contributed by atoms with Gasteiger partial charge in [0.1, 0.15) is 0 Å². The molecule has 0 aliphatic carbocycles. The standard InChI is InChI=1S/C12H17NO3/c1-2-16-12(15)13-11(9-14)8-10-6-4-3-5-7-10/h3-7,11,14H,2,8-9H2,1H3,(H,13,15). The number of rotatable bonds is 5. The normalized spacial score (nSPS) is 11.9. The monoisotopic (exact) mass is 223 g/mol. The Kier molecular flexibility index (Phi) is 5.36. The molecule has 1 rings (SSSR count). The smallest absolute Gasteiger partial charge is 0.407 e. The van der Waals surface area contributed by atoms with E-state index in [1.54, 1.807) is 6.92 Å². The second kappa shape index (κ2) is 6.85. The Bertz CT molecular complexity index is 313. The molecule has 1 aromatic rings. The molecular formula is C12H17NO3. The van der Waals surface area contributed by atoms with Crippen LogP contribution in [-0.2, 0) is 11.2 Å². The number of benzene rings is 1. The Morgan fingerprint density at radius 1 is 1.44 bits per heavy atom. The van der Waals surface area contributed by atoms with Gasteiger partial charge in [-0.2, -0.15) is 0 Å². The van der Waals surface area contributed by atoms with Crippen LogP contribution in [0.1, 0.15) is 12.5 Å². The molecule has 0 aliphatic rings. The average molecular weight is 223 g/mol. The number of hydrogen-bond acceptors (Lipinski definition) is 3. The minimum absolute atomic E-state index is 0.103. The summed E-state index contributed by atoms with van der Waals surface area (Å²) in [6.07, 6.45) is 0.105. The van der Waals surface area contributed by atoms with Gasteiger partial charge < -0.3 is 15.2 Å². The van der Waals surface area contributed by atoms with E-state index in [9.17, 15) is 4.79 Å². The van der Waals surface area contributed by atoms with Crippen LogP contribution in [0, 0.1) is 0 Å². The molecule has 0 heterocycles. The first-order valence-corrected chi connectivity index (χ1v) is 5.34. The summed E-state index contributed by atoms with van der Waals surface area (Å²) in [5, 5.41) is 11.7. The van der Waals surface area contributed by atoms with Gasteiger partial charge in [0.15, 0.2) is 0 Å². The maximum Gasteiger partial charge on any atom is 0.407 e. The van der Waals surface area contributed by atoms with Gasteiger partial charge in [0.25, 0.3) is 0 Å². The van der Waals surface area contributed by atoms with Crippen molar-refractivity contribution in [1.82, 2.24) is 5.32 Å². The molecule has 0 radical (unpaired) electrons. The molecule has 1 aromatic carbocycles. The summed E-state index contributed by atoms with van der Waals surface area (Å²) in [5.41, 5.74) is 1.07. The van der Waals surface area contributed by atoms with E-state index in [4.69, 9.17) is 9.84 Å². The zero-order chi connectivity index (χ0) is 11.8. The quantitative estimate of drug-likeness (QED) is 0.791. The highest BCUT2D eigenvalue weighted by atomic mass is 16.5. The van der Waals surface area contributed by atoms with Crippen molar-refractivity contribution in [2.75, 3.05) is 13.2 Å². The third kappa shape index (κ3) is 4.31. The topological polar surface area (TPSA) is 58.6 Å². The number of aliphatic hydroxyl groups excluding tert-OH is 1. The van der Waals surface area contributed by atoms with E-state index >= 15 is 0 Å². The van der Waals surface area contributed by atoms with Crippen LogP contribution in [0.5, 0.6) is 0 Å².